The number of rotatable bonds is 3. The molecule has 19 heavy (non-hydrogen) atoms. The number of nitrogens with two attached hydrogens (primary N) is 1. The maximum Gasteiger partial charge on any atom is 0.241 e. The molecular formula is C14H11N3OS. The fraction of sp³-hybridized carbons (Fsp3) is 0. The molecular weight excluding hydrogens is 258 g/mol. The number of benzene rings is 1. The van der Waals surface area contributed by atoms with Gasteiger partial charge in [0.15, 0.2) is 4.96 Å². The number of fused-ring (bicyclic) bond motifs is 1. The van der Waals surface area contributed by atoms with Crippen LogP contribution in [0.5, 0.6) is 0 Å². The van der Waals surface area contributed by atoms with Crippen molar-refractivity contribution in [1.29, 1.82) is 0 Å². The van der Waals surface area contributed by atoms with Crippen LogP contribution in [-0.2, 0) is 4.79 Å². The number of thiazole rings is 1. The lowest BCUT2D eigenvalue weighted by atomic mass is 10.1. The fourth-order valence-corrected chi connectivity index (χ4v) is 2.65. The van der Waals surface area contributed by atoms with Crippen molar-refractivity contribution < 1.29 is 4.79 Å². The highest BCUT2D eigenvalue weighted by Crippen LogP contribution is 2.27. The van der Waals surface area contributed by atoms with Crippen LogP contribution in [0.2, 0.25) is 0 Å². The van der Waals surface area contributed by atoms with Crippen LogP contribution in [-0.4, -0.2) is 15.3 Å². The van der Waals surface area contributed by atoms with E-state index in [1.807, 2.05) is 46.3 Å². The minimum absolute atomic E-state index is 0.468. The number of carbonyl (C=O) groups excluding carboxylic acids is 1. The van der Waals surface area contributed by atoms with Crippen molar-refractivity contribution in [2.75, 3.05) is 0 Å². The average Bonchev–Trinajstić information content (AvgIpc) is 2.98. The summed E-state index contributed by atoms with van der Waals surface area (Å²) in [5.41, 5.74) is 7.89. The smallest absolute Gasteiger partial charge is 0.241 e. The molecule has 1 amide bonds. The topological polar surface area (TPSA) is 60.4 Å². The summed E-state index contributed by atoms with van der Waals surface area (Å²) < 4.78 is 1.95. The summed E-state index contributed by atoms with van der Waals surface area (Å²) in [4.78, 5) is 16.4. The molecule has 3 aromatic rings. The van der Waals surface area contributed by atoms with Gasteiger partial charge < -0.3 is 5.73 Å². The summed E-state index contributed by atoms with van der Waals surface area (Å²) in [6, 6.07) is 9.87. The quantitative estimate of drug-likeness (QED) is 0.743. The van der Waals surface area contributed by atoms with Crippen LogP contribution < -0.4 is 5.73 Å². The van der Waals surface area contributed by atoms with Gasteiger partial charge in [-0.1, -0.05) is 30.3 Å². The average molecular weight is 269 g/mol. The van der Waals surface area contributed by atoms with E-state index < -0.39 is 5.91 Å². The first kappa shape index (κ1) is 11.7. The first-order chi connectivity index (χ1) is 9.25. The Balaban J connectivity index is 2.21. The number of hydrogen-bond acceptors (Lipinski definition) is 3. The SMILES string of the molecule is NC(=O)C=Cc1c(-c2ccccc2)nc2sccn12. The maximum atomic E-state index is 10.9. The minimum Gasteiger partial charge on any atom is -0.366 e. The molecule has 0 saturated carbocycles. The second-order valence-corrected chi connectivity index (χ2v) is 4.88. The van der Waals surface area contributed by atoms with Crippen molar-refractivity contribution >= 4 is 28.3 Å². The molecule has 3 rings (SSSR count). The van der Waals surface area contributed by atoms with Crippen LogP contribution in [0.1, 0.15) is 5.69 Å². The second-order valence-electron chi connectivity index (χ2n) is 4.00. The zero-order valence-electron chi connectivity index (χ0n) is 9.98. The first-order valence-electron chi connectivity index (χ1n) is 5.74. The van der Waals surface area contributed by atoms with Gasteiger partial charge in [0.2, 0.25) is 5.91 Å². The number of imidazole rings is 1. The van der Waals surface area contributed by atoms with Crippen LogP contribution >= 0.6 is 11.3 Å². The van der Waals surface area contributed by atoms with Gasteiger partial charge in [0, 0.05) is 23.2 Å². The molecule has 0 fully saturated rings. The minimum atomic E-state index is -0.468. The van der Waals surface area contributed by atoms with E-state index in [9.17, 15) is 4.79 Å². The summed E-state index contributed by atoms with van der Waals surface area (Å²) in [6.45, 7) is 0. The van der Waals surface area contributed by atoms with Crippen molar-refractivity contribution in [1.82, 2.24) is 9.38 Å². The van der Waals surface area contributed by atoms with Crippen LogP contribution in [0.4, 0.5) is 0 Å². The Morgan fingerprint density at radius 1 is 1.32 bits per heavy atom. The first-order valence-corrected chi connectivity index (χ1v) is 6.62. The molecule has 2 N–H and O–H groups in total. The maximum absolute atomic E-state index is 10.9. The third kappa shape index (κ3) is 2.15. The van der Waals surface area contributed by atoms with Crippen LogP contribution in [0, 0.1) is 0 Å². The van der Waals surface area contributed by atoms with Gasteiger partial charge in [-0.25, -0.2) is 4.98 Å². The number of carbonyl (C=O) groups is 1. The number of amides is 1. The Morgan fingerprint density at radius 3 is 2.84 bits per heavy atom. The second kappa shape index (κ2) is 4.70. The van der Waals surface area contributed by atoms with E-state index in [0.29, 0.717) is 0 Å². The van der Waals surface area contributed by atoms with E-state index in [0.717, 1.165) is 21.9 Å². The molecule has 0 aliphatic carbocycles. The molecule has 0 bridgehead atoms. The predicted octanol–water partition coefficient (Wildman–Crippen LogP) is 2.56. The van der Waals surface area contributed by atoms with E-state index >= 15 is 0 Å². The van der Waals surface area contributed by atoms with E-state index in [-0.39, 0.29) is 0 Å². The summed E-state index contributed by atoms with van der Waals surface area (Å²) in [6.07, 6.45) is 4.99. The Labute approximate surface area is 113 Å². The molecule has 2 heterocycles. The Kier molecular flexibility index (Phi) is 2.89. The largest absolute Gasteiger partial charge is 0.366 e. The van der Waals surface area contributed by atoms with Gasteiger partial charge in [0.1, 0.15) is 0 Å². The molecule has 4 nitrogen and oxygen atoms in total. The molecule has 0 unspecified atom stereocenters. The zero-order valence-corrected chi connectivity index (χ0v) is 10.8. The van der Waals surface area contributed by atoms with E-state index in [1.54, 1.807) is 17.4 Å². The molecule has 0 spiro atoms. The van der Waals surface area contributed by atoms with Crippen molar-refractivity contribution in [3.8, 4) is 11.3 Å². The lowest BCUT2D eigenvalue weighted by Gasteiger charge is -1.99. The molecule has 0 radical (unpaired) electrons. The molecule has 1 aromatic carbocycles. The van der Waals surface area contributed by atoms with Crippen LogP contribution in [0.25, 0.3) is 22.3 Å². The molecule has 94 valence electrons. The van der Waals surface area contributed by atoms with Crippen molar-refractivity contribution in [2.45, 2.75) is 0 Å². The zero-order chi connectivity index (χ0) is 13.2. The summed E-state index contributed by atoms with van der Waals surface area (Å²) in [5, 5.41) is 1.96. The summed E-state index contributed by atoms with van der Waals surface area (Å²) >= 11 is 1.55. The van der Waals surface area contributed by atoms with Gasteiger partial charge in [-0.3, -0.25) is 9.20 Å². The van der Waals surface area contributed by atoms with Crippen molar-refractivity contribution in [2.24, 2.45) is 5.73 Å². The third-order valence-electron chi connectivity index (χ3n) is 2.75. The van der Waals surface area contributed by atoms with Crippen LogP contribution in [0.15, 0.2) is 48.0 Å². The van der Waals surface area contributed by atoms with E-state index in [1.165, 1.54) is 6.08 Å². The molecule has 0 atom stereocenters. The van der Waals surface area contributed by atoms with Gasteiger partial charge in [-0.05, 0) is 6.08 Å². The highest BCUT2D eigenvalue weighted by Gasteiger charge is 2.12. The number of nitrogens with zero attached hydrogens (tertiary/aromatic N) is 2. The lowest BCUT2D eigenvalue weighted by Crippen LogP contribution is -2.05. The third-order valence-corrected chi connectivity index (χ3v) is 3.51. The predicted molar refractivity (Wildman–Crippen MR) is 76.7 cm³/mol. The molecule has 0 saturated heterocycles. The highest BCUT2D eigenvalue weighted by atomic mass is 32.1. The fourth-order valence-electron chi connectivity index (χ4n) is 1.93. The Morgan fingerprint density at radius 2 is 2.11 bits per heavy atom. The normalized spacial score (nSPS) is 11.4. The lowest BCUT2D eigenvalue weighted by molar-refractivity contribution is -0.113. The van der Waals surface area contributed by atoms with Crippen molar-refractivity contribution in [3.63, 3.8) is 0 Å². The Hall–Kier alpha value is -2.40. The van der Waals surface area contributed by atoms with Crippen molar-refractivity contribution in [3.05, 3.63) is 53.7 Å². The van der Waals surface area contributed by atoms with Gasteiger partial charge in [0.25, 0.3) is 0 Å². The van der Waals surface area contributed by atoms with Gasteiger partial charge >= 0.3 is 0 Å². The number of aromatic nitrogens is 2. The molecule has 0 aliphatic rings. The highest BCUT2D eigenvalue weighted by molar-refractivity contribution is 7.15. The van der Waals surface area contributed by atoms with Gasteiger partial charge in [0.05, 0.1) is 11.4 Å². The number of primary amides is 1. The van der Waals surface area contributed by atoms with E-state index in [4.69, 9.17) is 5.73 Å². The van der Waals surface area contributed by atoms with Gasteiger partial charge in [-0.15, -0.1) is 11.3 Å². The van der Waals surface area contributed by atoms with Gasteiger partial charge in [-0.2, -0.15) is 0 Å². The van der Waals surface area contributed by atoms with Crippen LogP contribution in [0.3, 0.4) is 0 Å². The summed E-state index contributed by atoms with van der Waals surface area (Å²) in [7, 11) is 0. The Bertz CT molecular complexity index is 755. The molecule has 2 aromatic heterocycles. The standard InChI is InChI=1S/C14H11N3OS/c15-12(18)7-6-11-13(10-4-2-1-3-5-10)16-14-17(11)8-9-19-14/h1-9H,(H2,15,18). The molecule has 0 aliphatic heterocycles. The number of hydrogen-bond donors (Lipinski definition) is 1. The molecule has 5 heteroatoms. The van der Waals surface area contributed by atoms with E-state index in [2.05, 4.69) is 4.98 Å². The monoisotopic (exact) mass is 269 g/mol. The summed E-state index contributed by atoms with van der Waals surface area (Å²) in [5.74, 6) is -0.468.